The van der Waals surface area contributed by atoms with E-state index < -0.39 is 5.92 Å². The Morgan fingerprint density at radius 2 is 1.74 bits per heavy atom. The van der Waals surface area contributed by atoms with Crippen LogP contribution >= 0.6 is 0 Å². The number of dihydropyridines is 1. The highest BCUT2D eigenvalue weighted by Crippen LogP contribution is 2.34. The summed E-state index contributed by atoms with van der Waals surface area (Å²) in [7, 11) is 2.13. The van der Waals surface area contributed by atoms with Crippen LogP contribution in [0.1, 0.15) is 61.0 Å². The first-order chi connectivity index (χ1) is 20.2. The highest BCUT2D eigenvalue weighted by Gasteiger charge is 2.27. The van der Waals surface area contributed by atoms with Crippen molar-refractivity contribution in [1.82, 2.24) is 10.2 Å². The molecular formula is C34H45N5O3. The SMILES string of the molecule is CC1=CC(C)=NC(=O)C1CNC(=O)c1cc(-c2ccc(CN3CCOCC3)cc2)cc(N(C)C2CCC(N)CC2)c1C. The lowest BCUT2D eigenvalue weighted by Crippen LogP contribution is -2.39. The number of carbonyl (C=O) groups excluding carboxylic acids is 2. The van der Waals surface area contributed by atoms with E-state index in [1.165, 1.54) is 5.56 Å². The minimum absolute atomic E-state index is 0.175. The molecular weight excluding hydrogens is 526 g/mol. The maximum atomic E-state index is 13.7. The molecule has 0 aromatic heterocycles. The van der Waals surface area contributed by atoms with Crippen LogP contribution in [0.5, 0.6) is 0 Å². The van der Waals surface area contributed by atoms with Crippen molar-refractivity contribution in [2.75, 3.05) is 44.8 Å². The van der Waals surface area contributed by atoms with Crippen molar-refractivity contribution in [1.29, 1.82) is 0 Å². The van der Waals surface area contributed by atoms with Crippen LogP contribution in [0.15, 0.2) is 53.0 Å². The fourth-order valence-electron chi connectivity index (χ4n) is 6.42. The third kappa shape index (κ3) is 7.00. The van der Waals surface area contributed by atoms with E-state index in [1.807, 2.05) is 32.9 Å². The van der Waals surface area contributed by atoms with E-state index in [4.69, 9.17) is 10.5 Å². The van der Waals surface area contributed by atoms with E-state index in [0.717, 1.165) is 86.5 Å². The van der Waals surface area contributed by atoms with Crippen molar-refractivity contribution in [3.8, 4) is 11.1 Å². The number of benzene rings is 2. The van der Waals surface area contributed by atoms with E-state index >= 15 is 0 Å². The average Bonchev–Trinajstić information content (AvgIpc) is 2.97. The molecule has 224 valence electrons. The Morgan fingerprint density at radius 3 is 2.40 bits per heavy atom. The first-order valence-corrected chi connectivity index (χ1v) is 15.3. The number of hydrogen-bond donors (Lipinski definition) is 2. The van der Waals surface area contributed by atoms with E-state index in [0.29, 0.717) is 17.3 Å². The normalized spacial score (nSPS) is 23.3. The molecule has 1 atom stereocenters. The Kier molecular flexibility index (Phi) is 9.56. The lowest BCUT2D eigenvalue weighted by Gasteiger charge is -2.36. The van der Waals surface area contributed by atoms with Gasteiger partial charge in [0.05, 0.1) is 19.1 Å². The maximum Gasteiger partial charge on any atom is 0.254 e. The Morgan fingerprint density at radius 1 is 1.05 bits per heavy atom. The summed E-state index contributed by atoms with van der Waals surface area (Å²) < 4.78 is 5.49. The molecule has 1 saturated heterocycles. The largest absolute Gasteiger partial charge is 0.379 e. The monoisotopic (exact) mass is 571 g/mol. The van der Waals surface area contributed by atoms with Crippen molar-refractivity contribution in [3.63, 3.8) is 0 Å². The van der Waals surface area contributed by atoms with Gasteiger partial charge in [0.25, 0.3) is 11.8 Å². The maximum absolute atomic E-state index is 13.7. The minimum atomic E-state index is -0.436. The number of anilines is 1. The van der Waals surface area contributed by atoms with E-state index in [2.05, 4.69) is 57.5 Å². The van der Waals surface area contributed by atoms with Gasteiger partial charge < -0.3 is 20.7 Å². The summed E-state index contributed by atoms with van der Waals surface area (Å²) in [5.41, 5.74) is 13.8. The van der Waals surface area contributed by atoms with Gasteiger partial charge in [-0.15, -0.1) is 0 Å². The summed E-state index contributed by atoms with van der Waals surface area (Å²) in [5, 5.41) is 3.05. The molecule has 0 bridgehead atoms. The molecule has 1 aliphatic carbocycles. The van der Waals surface area contributed by atoms with E-state index in [9.17, 15) is 9.59 Å². The summed E-state index contributed by atoms with van der Waals surface area (Å²) in [6, 6.07) is 13.5. The van der Waals surface area contributed by atoms with Gasteiger partial charge in [-0.3, -0.25) is 14.5 Å². The smallest absolute Gasteiger partial charge is 0.254 e. The van der Waals surface area contributed by atoms with Crippen molar-refractivity contribution < 1.29 is 14.3 Å². The first-order valence-electron chi connectivity index (χ1n) is 15.3. The molecule has 2 aromatic rings. The number of hydrogen-bond acceptors (Lipinski definition) is 6. The fourth-order valence-corrected chi connectivity index (χ4v) is 6.42. The predicted octanol–water partition coefficient (Wildman–Crippen LogP) is 4.49. The van der Waals surface area contributed by atoms with Gasteiger partial charge in [-0.2, -0.15) is 0 Å². The van der Waals surface area contributed by atoms with Crippen LogP contribution in [0.25, 0.3) is 11.1 Å². The molecule has 1 saturated carbocycles. The number of nitrogens with zero attached hydrogens (tertiary/aromatic N) is 3. The zero-order valence-corrected chi connectivity index (χ0v) is 25.5. The Labute approximate surface area is 250 Å². The number of nitrogens with two attached hydrogens (primary N) is 1. The second-order valence-electron chi connectivity index (χ2n) is 12.2. The molecule has 8 nitrogen and oxygen atoms in total. The second-order valence-corrected chi connectivity index (χ2v) is 12.2. The number of aliphatic imine (C=N–C) groups is 1. The summed E-state index contributed by atoms with van der Waals surface area (Å²) in [6.07, 6.45) is 6.00. The van der Waals surface area contributed by atoms with Crippen molar-refractivity contribution in [2.24, 2.45) is 16.6 Å². The van der Waals surface area contributed by atoms with Gasteiger partial charge in [-0.05, 0) is 86.9 Å². The van der Waals surface area contributed by atoms with Crippen LogP contribution in [0.4, 0.5) is 5.69 Å². The number of rotatable bonds is 8. The van der Waals surface area contributed by atoms with Crippen LogP contribution in [0.3, 0.4) is 0 Å². The molecule has 2 aromatic carbocycles. The number of ether oxygens (including phenoxy) is 1. The van der Waals surface area contributed by atoms with Crippen molar-refractivity contribution in [3.05, 3.63) is 64.7 Å². The standard InChI is InChI=1S/C34H45N5O3/c1-22-17-23(2)37-34(41)31(22)20-36-33(40)30-18-27(19-32(24(30)3)38(4)29-11-9-28(35)10-12-29)26-7-5-25(6-8-26)21-39-13-15-42-16-14-39/h5-8,17-19,28-29,31H,9-16,20-21,35H2,1-4H3,(H,36,40). The van der Waals surface area contributed by atoms with Crippen LogP contribution < -0.4 is 16.0 Å². The minimum Gasteiger partial charge on any atom is -0.379 e. The molecule has 2 heterocycles. The topological polar surface area (TPSA) is 100 Å². The molecule has 1 unspecified atom stereocenters. The van der Waals surface area contributed by atoms with E-state index in [-0.39, 0.29) is 24.4 Å². The van der Waals surface area contributed by atoms with Gasteiger partial charge in [0, 0.05) is 62.3 Å². The zero-order chi connectivity index (χ0) is 29.8. The summed E-state index contributed by atoms with van der Waals surface area (Å²) in [5.74, 6) is -0.814. The van der Waals surface area contributed by atoms with Gasteiger partial charge in [0.1, 0.15) is 0 Å². The van der Waals surface area contributed by atoms with Gasteiger partial charge in [-0.25, -0.2) is 4.99 Å². The Bertz CT molecular complexity index is 1350. The van der Waals surface area contributed by atoms with Gasteiger partial charge >= 0.3 is 0 Å². The summed E-state index contributed by atoms with van der Waals surface area (Å²) >= 11 is 0. The molecule has 3 N–H and O–H groups in total. The van der Waals surface area contributed by atoms with Crippen LogP contribution in [-0.2, 0) is 16.1 Å². The molecule has 2 fully saturated rings. The summed E-state index contributed by atoms with van der Waals surface area (Å²) in [4.78, 5) is 35.1. The van der Waals surface area contributed by atoms with Gasteiger partial charge in [-0.1, -0.05) is 29.8 Å². The van der Waals surface area contributed by atoms with Crippen molar-refractivity contribution >= 4 is 23.2 Å². The Balaban J connectivity index is 1.41. The molecule has 2 amide bonds. The average molecular weight is 572 g/mol. The van der Waals surface area contributed by atoms with Gasteiger partial charge in [0.15, 0.2) is 0 Å². The molecule has 3 aliphatic rings. The zero-order valence-electron chi connectivity index (χ0n) is 25.5. The molecule has 5 rings (SSSR count). The van der Waals surface area contributed by atoms with E-state index in [1.54, 1.807) is 0 Å². The number of nitrogens with one attached hydrogen (secondary N) is 1. The predicted molar refractivity (Wildman–Crippen MR) is 169 cm³/mol. The lowest BCUT2D eigenvalue weighted by molar-refractivity contribution is -0.120. The van der Waals surface area contributed by atoms with Crippen LogP contribution in [0.2, 0.25) is 0 Å². The number of morpholine rings is 1. The van der Waals surface area contributed by atoms with Crippen molar-refractivity contribution in [2.45, 2.75) is 65.1 Å². The quantitative estimate of drug-likeness (QED) is 0.484. The van der Waals surface area contributed by atoms with Crippen LogP contribution in [0, 0.1) is 12.8 Å². The molecule has 42 heavy (non-hydrogen) atoms. The second kappa shape index (κ2) is 13.3. The Hall–Kier alpha value is -3.33. The van der Waals surface area contributed by atoms with Crippen LogP contribution in [-0.4, -0.2) is 74.4 Å². The molecule has 8 heteroatoms. The number of carbonyl (C=O) groups is 2. The molecule has 0 spiro atoms. The number of amides is 2. The molecule has 2 aliphatic heterocycles. The first kappa shape index (κ1) is 30.1. The van der Waals surface area contributed by atoms with Gasteiger partial charge in [0.2, 0.25) is 0 Å². The fraction of sp³-hybridized carbons (Fsp3) is 0.500. The lowest BCUT2D eigenvalue weighted by atomic mass is 9.89. The summed E-state index contributed by atoms with van der Waals surface area (Å²) in [6.45, 7) is 10.4. The highest BCUT2D eigenvalue weighted by molar-refractivity contribution is 6.06. The molecule has 0 radical (unpaired) electrons. The number of allylic oxidation sites excluding steroid dienone is 1. The third-order valence-electron chi connectivity index (χ3n) is 9.13. The third-order valence-corrected chi connectivity index (χ3v) is 9.13. The highest BCUT2D eigenvalue weighted by atomic mass is 16.5.